The fraction of sp³-hybridized carbons (Fsp3) is 0.818. The van der Waals surface area contributed by atoms with Crippen LogP contribution in [0.3, 0.4) is 0 Å². The lowest BCUT2D eigenvalue weighted by atomic mass is 9.93. The molecule has 1 aromatic rings. The Morgan fingerprint density at radius 2 is 2.12 bits per heavy atom. The first-order valence-electron chi connectivity index (χ1n) is 5.67. The number of hydrogen-bond acceptors (Lipinski definition) is 4. The van der Waals surface area contributed by atoms with Gasteiger partial charge in [-0.2, -0.15) is 0 Å². The van der Waals surface area contributed by atoms with Gasteiger partial charge in [-0.1, -0.05) is 26.0 Å². The van der Waals surface area contributed by atoms with Crippen molar-refractivity contribution in [2.45, 2.75) is 52.4 Å². The summed E-state index contributed by atoms with van der Waals surface area (Å²) in [5.74, 6) is 0.135. The van der Waals surface area contributed by atoms with Crippen LogP contribution in [0.5, 0.6) is 0 Å². The normalized spacial score (nSPS) is 17.4. The van der Waals surface area contributed by atoms with E-state index in [0.29, 0.717) is 18.7 Å². The molecule has 0 aromatic carbocycles. The summed E-state index contributed by atoms with van der Waals surface area (Å²) in [6.45, 7) is 7.95. The van der Waals surface area contributed by atoms with Crippen molar-refractivity contribution < 1.29 is 10.2 Å². The first kappa shape index (κ1) is 13.1. The summed E-state index contributed by atoms with van der Waals surface area (Å²) < 4.78 is 1.58. The van der Waals surface area contributed by atoms with Crippen LogP contribution in [0.25, 0.3) is 0 Å². The molecule has 5 nitrogen and oxygen atoms in total. The van der Waals surface area contributed by atoms with E-state index in [0.717, 1.165) is 0 Å². The van der Waals surface area contributed by atoms with Gasteiger partial charge in [0.1, 0.15) is 5.69 Å². The molecule has 16 heavy (non-hydrogen) atoms. The summed E-state index contributed by atoms with van der Waals surface area (Å²) in [5.41, 5.74) is -0.260. The van der Waals surface area contributed by atoms with E-state index >= 15 is 0 Å². The molecule has 0 radical (unpaired) electrons. The van der Waals surface area contributed by atoms with Crippen molar-refractivity contribution in [2.75, 3.05) is 0 Å². The highest BCUT2D eigenvalue weighted by atomic mass is 16.3. The Bertz CT molecular complexity index is 334. The number of aromatic nitrogens is 3. The molecule has 2 N–H and O–H groups in total. The molecule has 0 saturated heterocycles. The molecule has 0 aliphatic heterocycles. The Morgan fingerprint density at radius 3 is 2.62 bits per heavy atom. The van der Waals surface area contributed by atoms with Crippen molar-refractivity contribution in [3.63, 3.8) is 0 Å². The Morgan fingerprint density at radius 1 is 1.50 bits per heavy atom. The quantitative estimate of drug-likeness (QED) is 0.791. The van der Waals surface area contributed by atoms with E-state index in [1.54, 1.807) is 17.8 Å². The monoisotopic (exact) mass is 227 g/mol. The average molecular weight is 227 g/mol. The second kappa shape index (κ2) is 4.93. The third-order valence-electron chi connectivity index (χ3n) is 3.01. The van der Waals surface area contributed by atoms with Crippen molar-refractivity contribution >= 4 is 0 Å². The summed E-state index contributed by atoms with van der Waals surface area (Å²) in [4.78, 5) is 0. The van der Waals surface area contributed by atoms with Gasteiger partial charge in [-0.05, 0) is 19.3 Å². The van der Waals surface area contributed by atoms with Crippen LogP contribution >= 0.6 is 0 Å². The van der Waals surface area contributed by atoms with E-state index in [4.69, 9.17) is 0 Å². The Labute approximate surface area is 96.1 Å². The molecule has 0 saturated carbocycles. The van der Waals surface area contributed by atoms with Crippen molar-refractivity contribution in [3.05, 3.63) is 11.9 Å². The summed E-state index contributed by atoms with van der Waals surface area (Å²) in [7, 11) is 0. The number of aliphatic hydroxyl groups excluding tert-OH is 1. The summed E-state index contributed by atoms with van der Waals surface area (Å²) in [6.07, 6.45) is 1.72. The van der Waals surface area contributed by atoms with Gasteiger partial charge in [0.2, 0.25) is 0 Å². The van der Waals surface area contributed by atoms with E-state index in [-0.39, 0.29) is 5.92 Å². The molecule has 92 valence electrons. The maximum atomic E-state index is 10.1. The molecule has 0 aliphatic rings. The zero-order valence-corrected chi connectivity index (χ0v) is 10.4. The minimum atomic E-state index is -0.817. The number of hydrogen-bond donors (Lipinski definition) is 2. The Balaban J connectivity index is 2.72. The largest absolute Gasteiger partial charge is 0.388 e. The highest BCUT2D eigenvalue weighted by Gasteiger charge is 2.26. The van der Waals surface area contributed by atoms with Gasteiger partial charge in [0.15, 0.2) is 0 Å². The van der Waals surface area contributed by atoms with Crippen LogP contribution in [0.1, 0.15) is 45.9 Å². The smallest absolute Gasteiger partial charge is 0.111 e. The predicted octanol–water partition coefficient (Wildman–Crippen LogP) is 1.13. The minimum Gasteiger partial charge on any atom is -0.388 e. The summed E-state index contributed by atoms with van der Waals surface area (Å²) >= 11 is 0. The standard InChI is InChI=1S/C11H21N3O2/c1-5-10(15)9-6-14(13-12-9)7-11(4,16)8(2)3/h6,8,10,15-16H,5,7H2,1-4H3. The third-order valence-corrected chi connectivity index (χ3v) is 3.01. The molecule has 0 aliphatic carbocycles. The highest BCUT2D eigenvalue weighted by molar-refractivity contribution is 4.97. The molecule has 0 bridgehead atoms. The maximum Gasteiger partial charge on any atom is 0.111 e. The van der Waals surface area contributed by atoms with Gasteiger partial charge in [-0.15, -0.1) is 5.10 Å². The molecule has 2 unspecified atom stereocenters. The van der Waals surface area contributed by atoms with Gasteiger partial charge in [0, 0.05) is 0 Å². The summed E-state index contributed by atoms with van der Waals surface area (Å²) in [6, 6.07) is 0. The van der Waals surface area contributed by atoms with E-state index in [1.165, 1.54) is 0 Å². The zero-order valence-electron chi connectivity index (χ0n) is 10.4. The predicted molar refractivity (Wildman–Crippen MR) is 60.7 cm³/mol. The topological polar surface area (TPSA) is 71.2 Å². The van der Waals surface area contributed by atoms with Crippen molar-refractivity contribution in [1.29, 1.82) is 0 Å². The molecule has 1 rings (SSSR count). The SMILES string of the molecule is CCC(O)c1cn(CC(C)(O)C(C)C)nn1. The fourth-order valence-electron chi connectivity index (χ4n) is 1.26. The zero-order chi connectivity index (χ0) is 12.3. The van der Waals surface area contributed by atoms with E-state index < -0.39 is 11.7 Å². The summed E-state index contributed by atoms with van der Waals surface area (Å²) in [5, 5.41) is 27.5. The van der Waals surface area contributed by atoms with Crippen molar-refractivity contribution in [3.8, 4) is 0 Å². The lowest BCUT2D eigenvalue weighted by molar-refractivity contribution is -0.00613. The molecular weight excluding hydrogens is 206 g/mol. The molecule has 0 amide bonds. The maximum absolute atomic E-state index is 10.1. The van der Waals surface area contributed by atoms with E-state index in [2.05, 4.69) is 10.3 Å². The lowest BCUT2D eigenvalue weighted by Crippen LogP contribution is -2.36. The van der Waals surface area contributed by atoms with Crippen LogP contribution in [0.15, 0.2) is 6.20 Å². The van der Waals surface area contributed by atoms with Gasteiger partial charge in [-0.25, -0.2) is 4.68 Å². The van der Waals surface area contributed by atoms with E-state index in [9.17, 15) is 10.2 Å². The van der Waals surface area contributed by atoms with Crippen molar-refractivity contribution in [1.82, 2.24) is 15.0 Å². The number of aliphatic hydroxyl groups is 2. The van der Waals surface area contributed by atoms with Crippen LogP contribution in [-0.4, -0.2) is 30.8 Å². The molecule has 5 heteroatoms. The molecule has 0 spiro atoms. The Hall–Kier alpha value is -0.940. The second-order valence-corrected chi connectivity index (χ2v) is 4.78. The number of nitrogens with zero attached hydrogens (tertiary/aromatic N) is 3. The molecule has 2 atom stereocenters. The Kier molecular flexibility index (Phi) is 4.04. The van der Waals surface area contributed by atoms with Crippen LogP contribution in [0.2, 0.25) is 0 Å². The minimum absolute atomic E-state index is 0.135. The van der Waals surface area contributed by atoms with Gasteiger partial charge in [-0.3, -0.25) is 0 Å². The molecule has 0 fully saturated rings. The van der Waals surface area contributed by atoms with Gasteiger partial charge in [0.05, 0.1) is 24.4 Å². The first-order chi connectivity index (χ1) is 7.36. The fourth-order valence-corrected chi connectivity index (χ4v) is 1.26. The first-order valence-corrected chi connectivity index (χ1v) is 5.67. The third kappa shape index (κ3) is 3.02. The van der Waals surface area contributed by atoms with Crippen LogP contribution in [-0.2, 0) is 6.54 Å². The van der Waals surface area contributed by atoms with Gasteiger partial charge < -0.3 is 10.2 Å². The van der Waals surface area contributed by atoms with Crippen LogP contribution in [0.4, 0.5) is 0 Å². The van der Waals surface area contributed by atoms with Crippen molar-refractivity contribution in [2.24, 2.45) is 5.92 Å². The van der Waals surface area contributed by atoms with Crippen LogP contribution < -0.4 is 0 Å². The lowest BCUT2D eigenvalue weighted by Gasteiger charge is -2.27. The molecule has 1 aromatic heterocycles. The second-order valence-electron chi connectivity index (χ2n) is 4.78. The molecular formula is C11H21N3O2. The van der Waals surface area contributed by atoms with Gasteiger partial charge in [0.25, 0.3) is 0 Å². The highest BCUT2D eigenvalue weighted by Crippen LogP contribution is 2.19. The number of rotatable bonds is 5. The molecule has 1 heterocycles. The van der Waals surface area contributed by atoms with Crippen LogP contribution in [0, 0.1) is 5.92 Å². The van der Waals surface area contributed by atoms with E-state index in [1.807, 2.05) is 20.8 Å². The van der Waals surface area contributed by atoms with Gasteiger partial charge >= 0.3 is 0 Å². The average Bonchev–Trinajstić information content (AvgIpc) is 2.64.